The summed E-state index contributed by atoms with van der Waals surface area (Å²) in [4.78, 5) is 15.5. The summed E-state index contributed by atoms with van der Waals surface area (Å²) in [6.07, 6.45) is -0.585. The van der Waals surface area contributed by atoms with Crippen molar-refractivity contribution in [3.8, 4) is 5.75 Å². The number of hydrogen-bond donors (Lipinski definition) is 1. The highest BCUT2D eigenvalue weighted by molar-refractivity contribution is 7.78. The van der Waals surface area contributed by atoms with E-state index < -0.39 is 6.09 Å². The molecule has 0 saturated carbocycles. The minimum absolute atomic E-state index is 0.403. The van der Waals surface area contributed by atoms with Crippen molar-refractivity contribution in [1.29, 1.82) is 0 Å². The first-order chi connectivity index (χ1) is 9.67. The maximum Gasteiger partial charge on any atom is 0.417 e. The second-order valence-electron chi connectivity index (χ2n) is 3.72. The van der Waals surface area contributed by atoms with Crippen molar-refractivity contribution < 1.29 is 9.53 Å². The van der Waals surface area contributed by atoms with E-state index in [0.29, 0.717) is 22.1 Å². The lowest BCUT2D eigenvalue weighted by molar-refractivity contribution is 0.215. The monoisotopic (exact) mass is 304 g/mol. The van der Waals surface area contributed by atoms with Crippen LogP contribution in [0.4, 0.5) is 16.2 Å². The maximum absolute atomic E-state index is 11.7. The standard InChI is InChI=1S/C14H9ClN2O2S/c15-10-1-3-12(4-2-10)17-14(18)19-13-7-5-11(6-8-13)16-9-20/h1-8H,(H,17,18). The summed E-state index contributed by atoms with van der Waals surface area (Å²) in [5, 5.41) is 5.44. The van der Waals surface area contributed by atoms with E-state index in [1.165, 1.54) is 0 Å². The van der Waals surface area contributed by atoms with Gasteiger partial charge in [-0.1, -0.05) is 11.6 Å². The number of rotatable bonds is 3. The van der Waals surface area contributed by atoms with Gasteiger partial charge in [-0.05, 0) is 60.7 Å². The predicted molar refractivity (Wildman–Crippen MR) is 82.2 cm³/mol. The molecular weight excluding hydrogens is 296 g/mol. The van der Waals surface area contributed by atoms with Crippen molar-refractivity contribution in [2.75, 3.05) is 5.32 Å². The molecule has 0 bridgehead atoms. The number of halogens is 1. The van der Waals surface area contributed by atoms with E-state index in [1.807, 2.05) is 0 Å². The lowest BCUT2D eigenvalue weighted by Gasteiger charge is -2.06. The SMILES string of the molecule is O=C(Nc1ccc(Cl)cc1)Oc1ccc(N=C=S)cc1. The molecule has 100 valence electrons. The molecule has 0 atom stereocenters. The van der Waals surface area contributed by atoms with Crippen LogP contribution in [0, 0.1) is 0 Å². The molecule has 2 rings (SSSR count). The number of carbonyl (C=O) groups is 1. The molecule has 0 spiro atoms. The molecule has 0 aliphatic rings. The Kier molecular flexibility index (Phi) is 4.85. The first-order valence-corrected chi connectivity index (χ1v) is 6.38. The van der Waals surface area contributed by atoms with Crippen molar-refractivity contribution in [3.63, 3.8) is 0 Å². The Balaban J connectivity index is 1.97. The van der Waals surface area contributed by atoms with Crippen LogP contribution in [-0.4, -0.2) is 11.3 Å². The van der Waals surface area contributed by atoms with Crippen LogP contribution in [0.25, 0.3) is 0 Å². The molecule has 0 aliphatic carbocycles. The average Bonchev–Trinajstić information content (AvgIpc) is 2.44. The van der Waals surface area contributed by atoms with Gasteiger partial charge in [0.2, 0.25) is 0 Å². The van der Waals surface area contributed by atoms with E-state index in [0.717, 1.165) is 0 Å². The summed E-state index contributed by atoms with van der Waals surface area (Å²) in [5.74, 6) is 0.403. The molecule has 1 N–H and O–H groups in total. The van der Waals surface area contributed by atoms with Gasteiger partial charge in [-0.15, -0.1) is 0 Å². The average molecular weight is 305 g/mol. The highest BCUT2D eigenvalue weighted by Gasteiger charge is 2.05. The molecule has 0 fully saturated rings. The molecule has 2 aromatic rings. The number of anilines is 1. The second-order valence-corrected chi connectivity index (χ2v) is 4.34. The number of carbonyl (C=O) groups excluding carboxylic acids is 1. The fourth-order valence-electron chi connectivity index (χ4n) is 1.43. The van der Waals surface area contributed by atoms with E-state index >= 15 is 0 Å². The summed E-state index contributed by atoms with van der Waals surface area (Å²) in [6.45, 7) is 0. The largest absolute Gasteiger partial charge is 0.417 e. The number of benzene rings is 2. The van der Waals surface area contributed by atoms with Crippen LogP contribution in [0.3, 0.4) is 0 Å². The third-order valence-corrected chi connectivity index (χ3v) is 2.66. The van der Waals surface area contributed by atoms with E-state index in [9.17, 15) is 4.79 Å². The van der Waals surface area contributed by atoms with E-state index in [-0.39, 0.29) is 0 Å². The fourth-order valence-corrected chi connectivity index (χ4v) is 1.66. The van der Waals surface area contributed by atoms with E-state index in [1.54, 1.807) is 48.5 Å². The van der Waals surface area contributed by atoms with Gasteiger partial charge in [0.25, 0.3) is 0 Å². The van der Waals surface area contributed by atoms with Crippen LogP contribution in [0.1, 0.15) is 0 Å². The number of thiocarbonyl (C=S) groups is 1. The molecule has 0 unspecified atom stereocenters. The molecule has 2 aromatic carbocycles. The second kappa shape index (κ2) is 6.82. The number of isothiocyanates is 1. The zero-order chi connectivity index (χ0) is 14.4. The predicted octanol–water partition coefficient (Wildman–Crippen LogP) is 4.69. The molecule has 0 heterocycles. The number of hydrogen-bond acceptors (Lipinski definition) is 4. The van der Waals surface area contributed by atoms with Crippen LogP contribution >= 0.6 is 23.8 Å². The van der Waals surface area contributed by atoms with Gasteiger partial charge < -0.3 is 4.74 Å². The Hall–Kier alpha value is -2.20. The van der Waals surface area contributed by atoms with E-state index in [4.69, 9.17) is 16.3 Å². The number of nitrogens with zero attached hydrogens (tertiary/aromatic N) is 1. The summed E-state index contributed by atoms with van der Waals surface area (Å²) >= 11 is 10.3. The molecule has 0 aromatic heterocycles. The fraction of sp³-hybridized carbons (Fsp3) is 0. The molecule has 20 heavy (non-hydrogen) atoms. The van der Waals surface area contributed by atoms with Crippen LogP contribution in [-0.2, 0) is 0 Å². The van der Waals surface area contributed by atoms with E-state index in [2.05, 4.69) is 27.7 Å². The lowest BCUT2D eigenvalue weighted by atomic mass is 10.3. The molecule has 0 aliphatic heterocycles. The highest BCUT2D eigenvalue weighted by Crippen LogP contribution is 2.18. The molecule has 4 nitrogen and oxygen atoms in total. The van der Waals surface area contributed by atoms with Gasteiger partial charge in [-0.25, -0.2) is 4.79 Å². The molecule has 0 saturated heterocycles. The van der Waals surface area contributed by atoms with Crippen LogP contribution < -0.4 is 10.1 Å². The van der Waals surface area contributed by atoms with Crippen molar-refractivity contribution in [3.05, 3.63) is 53.6 Å². The summed E-state index contributed by atoms with van der Waals surface area (Å²) < 4.78 is 5.11. The third kappa shape index (κ3) is 4.17. The Morgan fingerprint density at radius 2 is 1.80 bits per heavy atom. The zero-order valence-corrected chi connectivity index (χ0v) is 11.7. The minimum Gasteiger partial charge on any atom is -0.410 e. The first-order valence-electron chi connectivity index (χ1n) is 5.60. The number of ether oxygens (including phenoxy) is 1. The van der Waals surface area contributed by atoms with Crippen LogP contribution in [0.15, 0.2) is 53.5 Å². The summed E-state index contributed by atoms with van der Waals surface area (Å²) in [6, 6.07) is 13.3. The number of nitrogens with one attached hydrogen (secondary N) is 1. The quantitative estimate of drug-likeness (QED) is 0.661. The maximum atomic E-state index is 11.7. The summed E-state index contributed by atoms with van der Waals surface area (Å²) in [7, 11) is 0. The van der Waals surface area contributed by atoms with Gasteiger partial charge in [-0.3, -0.25) is 5.32 Å². The molecule has 6 heteroatoms. The van der Waals surface area contributed by atoms with Crippen LogP contribution in [0.5, 0.6) is 5.75 Å². The van der Waals surface area contributed by atoms with Gasteiger partial charge in [0.15, 0.2) is 0 Å². The highest BCUT2D eigenvalue weighted by atomic mass is 35.5. The lowest BCUT2D eigenvalue weighted by Crippen LogP contribution is -2.16. The first kappa shape index (κ1) is 14.2. The smallest absolute Gasteiger partial charge is 0.410 e. The van der Waals surface area contributed by atoms with Gasteiger partial charge in [-0.2, -0.15) is 4.99 Å². The third-order valence-electron chi connectivity index (χ3n) is 2.31. The summed E-state index contributed by atoms with van der Waals surface area (Å²) in [5.41, 5.74) is 1.24. The molecular formula is C14H9ClN2O2S. The minimum atomic E-state index is -0.585. The van der Waals surface area contributed by atoms with Crippen molar-refractivity contribution >= 4 is 46.4 Å². The normalized spacial score (nSPS) is 9.45. The Morgan fingerprint density at radius 1 is 1.15 bits per heavy atom. The van der Waals surface area contributed by atoms with Gasteiger partial charge in [0.1, 0.15) is 5.75 Å². The van der Waals surface area contributed by atoms with Crippen molar-refractivity contribution in [2.45, 2.75) is 0 Å². The molecule has 1 amide bonds. The van der Waals surface area contributed by atoms with Crippen molar-refractivity contribution in [1.82, 2.24) is 0 Å². The van der Waals surface area contributed by atoms with Gasteiger partial charge >= 0.3 is 6.09 Å². The number of aliphatic imine (C=N–C) groups is 1. The topological polar surface area (TPSA) is 50.7 Å². The van der Waals surface area contributed by atoms with Crippen LogP contribution in [0.2, 0.25) is 5.02 Å². The number of amides is 1. The Labute approximate surface area is 126 Å². The van der Waals surface area contributed by atoms with Crippen molar-refractivity contribution in [2.24, 2.45) is 4.99 Å². The van der Waals surface area contributed by atoms with Gasteiger partial charge in [0.05, 0.1) is 10.8 Å². The Morgan fingerprint density at radius 3 is 2.40 bits per heavy atom. The molecule has 0 radical (unpaired) electrons. The zero-order valence-electron chi connectivity index (χ0n) is 10.2. The van der Waals surface area contributed by atoms with Gasteiger partial charge in [0, 0.05) is 10.7 Å². The Bertz CT molecular complexity index is 650.